The lowest BCUT2D eigenvalue weighted by atomic mass is 9.85. The highest BCUT2D eigenvalue weighted by molar-refractivity contribution is 4.99. The van der Waals surface area contributed by atoms with Crippen LogP contribution in [0, 0.1) is 5.92 Å². The zero-order chi connectivity index (χ0) is 32.2. The Morgan fingerprint density at radius 2 is 1.28 bits per heavy atom. The van der Waals surface area contributed by atoms with E-state index >= 15 is 0 Å². The summed E-state index contributed by atoms with van der Waals surface area (Å²) in [4.78, 5) is 0. The van der Waals surface area contributed by atoms with Gasteiger partial charge in [0.05, 0.1) is 55.8 Å². The number of aliphatic hydroxyl groups is 7. The van der Waals surface area contributed by atoms with Gasteiger partial charge in [-0.1, -0.05) is 0 Å². The highest BCUT2D eigenvalue weighted by Gasteiger charge is 2.50. The lowest BCUT2D eigenvalue weighted by molar-refractivity contribution is -0.282. The second-order valence-corrected chi connectivity index (χ2v) is 11.8. The number of ether oxygens (including phenoxy) is 5. The number of hydrogen-bond acceptors (Lipinski definition) is 18. The van der Waals surface area contributed by atoms with Crippen LogP contribution in [0.4, 0.5) is 0 Å². The first kappa shape index (κ1) is 36.7. The van der Waals surface area contributed by atoms with E-state index in [0.717, 1.165) is 0 Å². The molecule has 10 unspecified atom stereocenters. The molecule has 3 rings (SSSR count). The van der Waals surface area contributed by atoms with Gasteiger partial charge in [0.1, 0.15) is 36.6 Å². The van der Waals surface area contributed by atoms with Gasteiger partial charge in [-0.2, -0.15) is 0 Å². The summed E-state index contributed by atoms with van der Waals surface area (Å²) in [7, 11) is 0. The summed E-state index contributed by atoms with van der Waals surface area (Å²) in [6.45, 7) is 0.509. The van der Waals surface area contributed by atoms with E-state index in [9.17, 15) is 35.7 Å². The van der Waals surface area contributed by atoms with Crippen molar-refractivity contribution in [3.05, 3.63) is 0 Å². The lowest BCUT2D eigenvalue weighted by Gasteiger charge is -2.42. The van der Waals surface area contributed by atoms with E-state index < -0.39 is 116 Å². The van der Waals surface area contributed by atoms with Gasteiger partial charge in [-0.25, -0.2) is 0 Å². The first-order valence-electron chi connectivity index (χ1n) is 14.6. The minimum atomic E-state index is -1.41. The average molecular weight is 629 g/mol. The van der Waals surface area contributed by atoms with E-state index in [1.807, 2.05) is 0 Å². The molecule has 19 N–H and O–H groups in total. The van der Waals surface area contributed by atoms with Crippen LogP contribution in [0.3, 0.4) is 0 Å². The molecular weight excluding hydrogens is 576 g/mol. The van der Waals surface area contributed by atoms with Gasteiger partial charge in [0.25, 0.3) is 0 Å². The Labute approximate surface area is 250 Å². The third-order valence-electron chi connectivity index (χ3n) is 8.68. The third kappa shape index (κ3) is 8.56. The first-order chi connectivity index (χ1) is 20.2. The van der Waals surface area contributed by atoms with Crippen molar-refractivity contribution in [1.29, 1.82) is 0 Å². The normalized spacial score (nSPS) is 45.1. The van der Waals surface area contributed by atoms with Gasteiger partial charge in [0.2, 0.25) is 0 Å². The fraction of sp³-hybridized carbons (Fsp3) is 1.00. The summed E-state index contributed by atoms with van der Waals surface area (Å²) in [6.07, 6.45) is -14.5. The van der Waals surface area contributed by atoms with Crippen LogP contribution < -0.4 is 34.4 Å². The van der Waals surface area contributed by atoms with Gasteiger partial charge in [0.15, 0.2) is 12.6 Å². The van der Waals surface area contributed by atoms with Crippen molar-refractivity contribution in [2.24, 2.45) is 40.3 Å². The molecule has 3 heterocycles. The Balaban J connectivity index is 1.71. The molecule has 0 bridgehead atoms. The van der Waals surface area contributed by atoms with Gasteiger partial charge in [-0.15, -0.1) is 0 Å². The van der Waals surface area contributed by atoms with Crippen LogP contribution in [-0.2, 0) is 23.7 Å². The fourth-order valence-corrected chi connectivity index (χ4v) is 5.68. The maximum Gasteiger partial charge on any atom is 0.184 e. The maximum absolute atomic E-state index is 11.1. The maximum atomic E-state index is 11.1. The molecule has 0 saturated carbocycles. The van der Waals surface area contributed by atoms with Gasteiger partial charge in [0, 0.05) is 31.1 Å². The zero-order valence-corrected chi connectivity index (χ0v) is 24.3. The molecule has 18 nitrogen and oxygen atoms in total. The van der Waals surface area contributed by atoms with Crippen molar-refractivity contribution in [2.75, 3.05) is 26.3 Å². The molecule has 254 valence electrons. The van der Waals surface area contributed by atoms with E-state index in [1.54, 1.807) is 0 Å². The molecule has 0 aliphatic carbocycles. The fourth-order valence-electron chi connectivity index (χ4n) is 5.68. The van der Waals surface area contributed by atoms with Gasteiger partial charge < -0.3 is 93.8 Å². The van der Waals surface area contributed by atoms with Crippen LogP contribution in [0.15, 0.2) is 0 Å². The first-order valence-corrected chi connectivity index (χ1v) is 14.6. The Kier molecular flexibility index (Phi) is 13.9. The summed E-state index contributed by atoms with van der Waals surface area (Å²) in [6, 6.07) is -3.77. The average Bonchev–Trinajstić information content (AvgIpc) is 3.28. The molecule has 43 heavy (non-hydrogen) atoms. The standard InChI is InChI=1S/C25H52N6O12/c1-8(33)10(28)3-11(29)16(43-24-18(31)23(38)21(36)14(5-27)41-24)7-39-25-19(34)9(15(6-32)42-25)2-12-17(30)22(37)20(35)13(4-26)40-12/h8-25,32-38H,2-7,26-31H2,1H3/t8?,9?,10-,11?,12?,13?,14?,15-,16?,17?,18?,19?,20-,21-,22-,23-,24-,25-/m1/s1. The van der Waals surface area contributed by atoms with E-state index in [-0.39, 0.29) is 32.5 Å². The Morgan fingerprint density at radius 1 is 0.721 bits per heavy atom. The molecule has 3 fully saturated rings. The highest BCUT2D eigenvalue weighted by Crippen LogP contribution is 2.35. The van der Waals surface area contributed by atoms with Crippen molar-refractivity contribution in [3.63, 3.8) is 0 Å². The van der Waals surface area contributed by atoms with Crippen LogP contribution in [-0.4, -0.2) is 166 Å². The summed E-state index contributed by atoms with van der Waals surface area (Å²) in [5, 5.41) is 72.1. The van der Waals surface area contributed by atoms with Crippen LogP contribution in [0.2, 0.25) is 0 Å². The smallest absolute Gasteiger partial charge is 0.184 e. The highest BCUT2D eigenvalue weighted by atomic mass is 16.7. The van der Waals surface area contributed by atoms with Gasteiger partial charge in [-0.3, -0.25) is 0 Å². The Hall–Kier alpha value is -0.720. The molecule has 3 saturated heterocycles. The van der Waals surface area contributed by atoms with Crippen molar-refractivity contribution in [2.45, 2.75) is 124 Å². The molecule has 0 amide bonds. The molecule has 0 radical (unpaired) electrons. The zero-order valence-electron chi connectivity index (χ0n) is 24.3. The van der Waals surface area contributed by atoms with Crippen molar-refractivity contribution in [3.8, 4) is 0 Å². The Morgan fingerprint density at radius 3 is 1.84 bits per heavy atom. The molecule has 18 heteroatoms. The quantitative estimate of drug-likeness (QED) is 0.0849. The predicted molar refractivity (Wildman–Crippen MR) is 148 cm³/mol. The summed E-state index contributed by atoms with van der Waals surface area (Å²) >= 11 is 0. The summed E-state index contributed by atoms with van der Waals surface area (Å²) in [5.41, 5.74) is 35.8. The second kappa shape index (κ2) is 16.2. The summed E-state index contributed by atoms with van der Waals surface area (Å²) in [5.74, 6) is -0.749. The van der Waals surface area contributed by atoms with E-state index in [0.29, 0.717) is 0 Å². The van der Waals surface area contributed by atoms with Crippen LogP contribution in [0.25, 0.3) is 0 Å². The number of hydrogen-bond donors (Lipinski definition) is 13. The number of aliphatic hydroxyl groups excluding tert-OH is 7. The van der Waals surface area contributed by atoms with Crippen LogP contribution >= 0.6 is 0 Å². The van der Waals surface area contributed by atoms with Crippen molar-refractivity contribution < 1.29 is 59.4 Å². The molecule has 3 aliphatic rings. The van der Waals surface area contributed by atoms with Crippen LogP contribution in [0.1, 0.15) is 19.8 Å². The molecule has 0 aromatic rings. The monoisotopic (exact) mass is 628 g/mol. The van der Waals surface area contributed by atoms with E-state index in [2.05, 4.69) is 0 Å². The van der Waals surface area contributed by atoms with Crippen molar-refractivity contribution >= 4 is 0 Å². The SMILES string of the molecule is CC(O)[C@H](N)CC(N)C(CO[C@@H]1O[C@H](CO)C(CC2OC(CN)[C@@H](O)[C@H](O)C2N)C1O)O[C@H]1OC(CN)[C@@H](O)[C@H](O)C1N. The Bertz CT molecular complexity index is 836. The lowest BCUT2D eigenvalue weighted by Crippen LogP contribution is -2.64. The van der Waals surface area contributed by atoms with Gasteiger partial charge >= 0.3 is 0 Å². The molecular formula is C25H52N6O12. The molecule has 0 aromatic heterocycles. The van der Waals surface area contributed by atoms with E-state index in [1.165, 1.54) is 6.92 Å². The van der Waals surface area contributed by atoms with E-state index in [4.69, 9.17) is 58.1 Å². The van der Waals surface area contributed by atoms with Crippen LogP contribution in [0.5, 0.6) is 0 Å². The summed E-state index contributed by atoms with van der Waals surface area (Å²) < 4.78 is 29.1. The van der Waals surface area contributed by atoms with Crippen molar-refractivity contribution in [1.82, 2.24) is 0 Å². The molecule has 0 spiro atoms. The second-order valence-electron chi connectivity index (χ2n) is 11.8. The minimum absolute atomic E-state index is 0.0435. The largest absolute Gasteiger partial charge is 0.394 e. The molecule has 0 aromatic carbocycles. The third-order valence-corrected chi connectivity index (χ3v) is 8.68. The predicted octanol–water partition coefficient (Wildman–Crippen LogP) is -7.59. The number of rotatable bonds is 14. The molecule has 3 aliphatic heterocycles. The molecule has 18 atom stereocenters. The minimum Gasteiger partial charge on any atom is -0.394 e. The topological polar surface area (TPSA) is 344 Å². The number of nitrogens with two attached hydrogens (primary N) is 6. The van der Waals surface area contributed by atoms with Gasteiger partial charge in [-0.05, 0) is 19.8 Å².